The van der Waals surface area contributed by atoms with E-state index in [-0.39, 0.29) is 5.92 Å². The van der Waals surface area contributed by atoms with Gasteiger partial charge in [-0.25, -0.2) is 4.98 Å². The van der Waals surface area contributed by atoms with E-state index in [1.807, 2.05) is 17.0 Å². The summed E-state index contributed by atoms with van der Waals surface area (Å²) >= 11 is 0. The van der Waals surface area contributed by atoms with Crippen LogP contribution in [-0.2, 0) is 9.53 Å². The zero-order valence-electron chi connectivity index (χ0n) is 15.7. The van der Waals surface area contributed by atoms with Crippen LogP contribution in [0, 0.1) is 5.92 Å². The van der Waals surface area contributed by atoms with Crippen LogP contribution in [0.4, 0.5) is 11.8 Å². The highest BCUT2D eigenvalue weighted by Crippen LogP contribution is 2.29. The molecule has 2 aromatic rings. The summed E-state index contributed by atoms with van der Waals surface area (Å²) in [7, 11) is 0. The molecule has 2 aromatic heterocycles. The van der Waals surface area contributed by atoms with Gasteiger partial charge in [-0.1, -0.05) is 6.42 Å². The number of carbonyl (C=O) groups excluding carboxylic acids is 1. The van der Waals surface area contributed by atoms with Crippen LogP contribution in [0.15, 0.2) is 22.9 Å². The lowest BCUT2D eigenvalue weighted by Crippen LogP contribution is -2.51. The first-order valence-corrected chi connectivity index (χ1v) is 9.94. The number of carbonyl (C=O) groups is 1. The maximum Gasteiger partial charge on any atom is 0.266 e. The summed E-state index contributed by atoms with van der Waals surface area (Å²) in [4.78, 5) is 25.3. The SMILES string of the molecule is O=C(C1CCC1)N1CCN(c2noc(-c3ccnc(NC4COC4)c3)n2)CC1. The summed E-state index contributed by atoms with van der Waals surface area (Å²) in [5, 5.41) is 7.46. The monoisotopic (exact) mass is 384 g/mol. The second-order valence-corrected chi connectivity index (χ2v) is 7.65. The van der Waals surface area contributed by atoms with E-state index in [0.29, 0.717) is 50.1 Å². The molecule has 0 spiro atoms. The number of piperazine rings is 1. The molecule has 5 rings (SSSR count). The summed E-state index contributed by atoms with van der Waals surface area (Å²) < 4.78 is 10.7. The van der Waals surface area contributed by atoms with Gasteiger partial charge < -0.3 is 24.4 Å². The Morgan fingerprint density at radius 2 is 2.00 bits per heavy atom. The largest absolute Gasteiger partial charge is 0.377 e. The van der Waals surface area contributed by atoms with Crippen LogP contribution in [0.5, 0.6) is 0 Å². The van der Waals surface area contributed by atoms with Gasteiger partial charge in [-0.05, 0) is 30.1 Å². The van der Waals surface area contributed by atoms with Crippen LogP contribution < -0.4 is 10.2 Å². The van der Waals surface area contributed by atoms with Gasteiger partial charge >= 0.3 is 0 Å². The molecule has 9 nitrogen and oxygen atoms in total. The Hall–Kier alpha value is -2.68. The molecule has 1 aliphatic carbocycles. The molecule has 148 valence electrons. The Morgan fingerprint density at radius 3 is 2.68 bits per heavy atom. The molecule has 1 amide bonds. The third kappa shape index (κ3) is 3.42. The molecule has 3 fully saturated rings. The zero-order valence-corrected chi connectivity index (χ0v) is 15.7. The number of nitrogens with zero attached hydrogens (tertiary/aromatic N) is 5. The average molecular weight is 384 g/mol. The Labute approximate surface area is 163 Å². The van der Waals surface area contributed by atoms with Crippen molar-refractivity contribution in [3.05, 3.63) is 18.3 Å². The molecule has 1 saturated carbocycles. The molecule has 3 aliphatic rings. The highest BCUT2D eigenvalue weighted by Gasteiger charge is 2.32. The number of ether oxygens (including phenoxy) is 1. The standard InChI is InChI=1S/C19H24N6O3/c26-18(13-2-1-3-13)24-6-8-25(9-7-24)19-22-17(28-23-19)14-4-5-20-16(10-14)21-15-11-27-12-15/h4-5,10,13,15H,1-3,6-9,11-12H2,(H,20,21). The van der Waals surface area contributed by atoms with Crippen molar-refractivity contribution >= 4 is 17.7 Å². The van der Waals surface area contributed by atoms with Crippen LogP contribution in [0.3, 0.4) is 0 Å². The predicted molar refractivity (Wildman–Crippen MR) is 102 cm³/mol. The fourth-order valence-electron chi connectivity index (χ4n) is 3.67. The molecule has 28 heavy (non-hydrogen) atoms. The van der Waals surface area contributed by atoms with Crippen molar-refractivity contribution in [2.45, 2.75) is 25.3 Å². The zero-order chi connectivity index (χ0) is 18.9. The van der Waals surface area contributed by atoms with Crippen LogP contribution in [0.25, 0.3) is 11.5 Å². The Balaban J connectivity index is 1.22. The van der Waals surface area contributed by atoms with Crippen molar-refractivity contribution in [2.75, 3.05) is 49.6 Å². The molecule has 2 aliphatic heterocycles. The lowest BCUT2D eigenvalue weighted by atomic mass is 9.84. The molecule has 9 heteroatoms. The minimum absolute atomic E-state index is 0.254. The molecule has 0 unspecified atom stereocenters. The van der Waals surface area contributed by atoms with Crippen LogP contribution in [0.2, 0.25) is 0 Å². The molecule has 0 atom stereocenters. The van der Waals surface area contributed by atoms with Crippen molar-refractivity contribution in [3.8, 4) is 11.5 Å². The van der Waals surface area contributed by atoms with Crippen LogP contribution in [-0.4, -0.2) is 71.4 Å². The maximum atomic E-state index is 12.4. The van der Waals surface area contributed by atoms with Gasteiger partial charge in [0.25, 0.3) is 11.8 Å². The number of pyridine rings is 1. The van der Waals surface area contributed by atoms with Crippen LogP contribution >= 0.6 is 0 Å². The maximum absolute atomic E-state index is 12.4. The van der Waals surface area contributed by atoms with E-state index in [1.54, 1.807) is 6.20 Å². The van der Waals surface area contributed by atoms with E-state index in [2.05, 4.69) is 25.3 Å². The fourth-order valence-corrected chi connectivity index (χ4v) is 3.67. The van der Waals surface area contributed by atoms with Gasteiger partial charge in [-0.15, -0.1) is 0 Å². The van der Waals surface area contributed by atoms with Gasteiger partial charge in [-0.2, -0.15) is 4.98 Å². The van der Waals surface area contributed by atoms with Gasteiger partial charge in [0.1, 0.15) is 5.82 Å². The number of amides is 1. The van der Waals surface area contributed by atoms with Gasteiger partial charge in [-0.3, -0.25) is 4.79 Å². The number of rotatable bonds is 5. The number of aromatic nitrogens is 3. The Kier molecular flexibility index (Phi) is 4.59. The smallest absolute Gasteiger partial charge is 0.266 e. The van der Waals surface area contributed by atoms with Gasteiger partial charge in [0.2, 0.25) is 5.91 Å². The Bertz CT molecular complexity index is 840. The molecule has 2 saturated heterocycles. The molecular formula is C19H24N6O3. The van der Waals surface area contributed by atoms with Crippen molar-refractivity contribution in [1.82, 2.24) is 20.0 Å². The van der Waals surface area contributed by atoms with Crippen molar-refractivity contribution in [3.63, 3.8) is 0 Å². The number of hydrogen-bond donors (Lipinski definition) is 1. The number of anilines is 2. The molecule has 0 radical (unpaired) electrons. The molecule has 0 bridgehead atoms. The lowest BCUT2D eigenvalue weighted by Gasteiger charge is -2.37. The molecule has 4 heterocycles. The highest BCUT2D eigenvalue weighted by atomic mass is 16.5. The van der Waals surface area contributed by atoms with E-state index in [1.165, 1.54) is 6.42 Å². The molecular weight excluding hydrogens is 360 g/mol. The van der Waals surface area contributed by atoms with Gasteiger partial charge in [0.15, 0.2) is 0 Å². The van der Waals surface area contributed by atoms with Gasteiger partial charge in [0.05, 0.1) is 19.3 Å². The van der Waals surface area contributed by atoms with Crippen LogP contribution in [0.1, 0.15) is 19.3 Å². The normalized spacial score (nSPS) is 20.6. The van der Waals surface area contributed by atoms with E-state index in [9.17, 15) is 4.79 Å². The predicted octanol–water partition coefficient (Wildman–Crippen LogP) is 1.39. The molecule has 1 N–H and O–H groups in total. The Morgan fingerprint density at radius 1 is 1.18 bits per heavy atom. The minimum Gasteiger partial charge on any atom is -0.377 e. The first-order valence-electron chi connectivity index (χ1n) is 9.94. The van der Waals surface area contributed by atoms with Crippen molar-refractivity contribution < 1.29 is 14.1 Å². The number of hydrogen-bond acceptors (Lipinski definition) is 8. The minimum atomic E-state index is 0.254. The summed E-state index contributed by atoms with van der Waals surface area (Å²) in [5.74, 6) is 2.38. The van der Waals surface area contributed by atoms with Crippen molar-refractivity contribution in [1.29, 1.82) is 0 Å². The quantitative estimate of drug-likeness (QED) is 0.826. The number of nitrogens with one attached hydrogen (secondary N) is 1. The van der Waals surface area contributed by atoms with E-state index in [4.69, 9.17) is 9.26 Å². The lowest BCUT2D eigenvalue weighted by molar-refractivity contribution is -0.138. The third-order valence-electron chi connectivity index (χ3n) is 5.74. The van der Waals surface area contributed by atoms with E-state index >= 15 is 0 Å². The first kappa shape index (κ1) is 17.4. The summed E-state index contributed by atoms with van der Waals surface area (Å²) in [5.41, 5.74) is 0.829. The van der Waals surface area contributed by atoms with E-state index < -0.39 is 0 Å². The second kappa shape index (κ2) is 7.38. The first-order chi connectivity index (χ1) is 13.8. The summed E-state index contributed by atoms with van der Waals surface area (Å²) in [6, 6.07) is 4.07. The van der Waals surface area contributed by atoms with Gasteiger partial charge in [0, 0.05) is 43.9 Å². The van der Waals surface area contributed by atoms with E-state index in [0.717, 1.165) is 37.3 Å². The topological polar surface area (TPSA) is 96.6 Å². The summed E-state index contributed by atoms with van der Waals surface area (Å²) in [6.07, 6.45) is 5.00. The van der Waals surface area contributed by atoms with Crippen molar-refractivity contribution in [2.24, 2.45) is 5.92 Å². The highest BCUT2D eigenvalue weighted by molar-refractivity contribution is 5.79. The second-order valence-electron chi connectivity index (χ2n) is 7.65. The average Bonchev–Trinajstić information content (AvgIpc) is 3.14. The fraction of sp³-hybridized carbons (Fsp3) is 0.579. The summed E-state index contributed by atoms with van der Waals surface area (Å²) in [6.45, 7) is 4.28. The third-order valence-corrected chi connectivity index (χ3v) is 5.74. The molecule has 0 aromatic carbocycles.